The molecule has 1 unspecified atom stereocenters. The zero-order valence-corrected chi connectivity index (χ0v) is 13.4. The maximum atomic E-state index is 12.4. The molecule has 6 nitrogen and oxygen atoms in total. The molecule has 124 valence electrons. The predicted molar refractivity (Wildman–Crippen MR) is 88.7 cm³/mol. The van der Waals surface area contributed by atoms with Crippen LogP contribution in [0.25, 0.3) is 5.69 Å². The molecular weight excluding hydrogens is 304 g/mol. The summed E-state index contributed by atoms with van der Waals surface area (Å²) in [7, 11) is 0. The number of nitrogens with one attached hydrogen (secondary N) is 1. The third-order valence-electron chi connectivity index (χ3n) is 4.69. The summed E-state index contributed by atoms with van der Waals surface area (Å²) in [5, 5.41) is 2.97. The van der Waals surface area contributed by atoms with Crippen molar-refractivity contribution in [2.45, 2.75) is 25.3 Å². The maximum Gasteiger partial charge on any atom is 0.251 e. The van der Waals surface area contributed by atoms with Gasteiger partial charge in [0.05, 0.1) is 6.33 Å². The second kappa shape index (κ2) is 6.11. The Morgan fingerprint density at radius 2 is 2.21 bits per heavy atom. The highest BCUT2D eigenvalue weighted by atomic mass is 16.2. The van der Waals surface area contributed by atoms with Crippen LogP contribution in [0.2, 0.25) is 0 Å². The predicted octanol–water partition coefficient (Wildman–Crippen LogP) is 1.61. The van der Waals surface area contributed by atoms with Crippen LogP contribution in [0.1, 0.15) is 29.6 Å². The number of nitrogens with zero attached hydrogens (tertiary/aromatic N) is 3. The summed E-state index contributed by atoms with van der Waals surface area (Å²) in [4.78, 5) is 30.4. The zero-order valence-electron chi connectivity index (χ0n) is 13.4. The van der Waals surface area contributed by atoms with Gasteiger partial charge >= 0.3 is 0 Å². The Bertz CT molecular complexity index is 752. The van der Waals surface area contributed by atoms with Crippen LogP contribution in [-0.4, -0.2) is 45.4 Å². The molecule has 1 saturated carbocycles. The fourth-order valence-corrected chi connectivity index (χ4v) is 3.24. The van der Waals surface area contributed by atoms with E-state index in [0.717, 1.165) is 25.1 Å². The van der Waals surface area contributed by atoms with Crippen LogP contribution in [-0.2, 0) is 4.79 Å². The van der Waals surface area contributed by atoms with Gasteiger partial charge in [0, 0.05) is 55.1 Å². The average Bonchev–Trinajstić information content (AvgIpc) is 3.15. The van der Waals surface area contributed by atoms with Gasteiger partial charge in [-0.15, -0.1) is 0 Å². The first kappa shape index (κ1) is 14.9. The summed E-state index contributed by atoms with van der Waals surface area (Å²) in [6.07, 6.45) is 8.06. The summed E-state index contributed by atoms with van der Waals surface area (Å²) in [5.74, 6) is 0.354. The van der Waals surface area contributed by atoms with Crippen molar-refractivity contribution in [2.75, 3.05) is 13.1 Å². The average molecular weight is 324 g/mol. The Balaban J connectivity index is 1.36. The van der Waals surface area contributed by atoms with E-state index >= 15 is 0 Å². The minimum absolute atomic E-state index is 0.103. The highest BCUT2D eigenvalue weighted by Gasteiger charge is 2.39. The lowest BCUT2D eigenvalue weighted by Crippen LogP contribution is -2.32. The van der Waals surface area contributed by atoms with Gasteiger partial charge in [-0.3, -0.25) is 9.59 Å². The van der Waals surface area contributed by atoms with E-state index in [-0.39, 0.29) is 17.7 Å². The summed E-state index contributed by atoms with van der Waals surface area (Å²) < 4.78 is 1.86. The molecule has 0 radical (unpaired) electrons. The van der Waals surface area contributed by atoms with Crippen molar-refractivity contribution < 1.29 is 9.59 Å². The van der Waals surface area contributed by atoms with Gasteiger partial charge in [0.2, 0.25) is 5.91 Å². The molecule has 1 aliphatic carbocycles. The fourth-order valence-electron chi connectivity index (χ4n) is 3.24. The van der Waals surface area contributed by atoms with Crippen molar-refractivity contribution in [1.29, 1.82) is 0 Å². The molecular formula is C18H20N4O2. The van der Waals surface area contributed by atoms with Gasteiger partial charge in [0.25, 0.3) is 5.91 Å². The van der Waals surface area contributed by atoms with E-state index in [0.29, 0.717) is 24.6 Å². The molecule has 2 aromatic rings. The SMILES string of the molecule is O=C(NCC1CC(=O)N(C2CC2)C1)c1cccc(-n2ccnc2)c1. The van der Waals surface area contributed by atoms with Crippen LogP contribution in [0.5, 0.6) is 0 Å². The third kappa shape index (κ3) is 3.04. The Morgan fingerprint density at radius 1 is 1.33 bits per heavy atom. The monoisotopic (exact) mass is 324 g/mol. The van der Waals surface area contributed by atoms with E-state index in [9.17, 15) is 9.59 Å². The molecule has 2 fully saturated rings. The van der Waals surface area contributed by atoms with Crippen LogP contribution >= 0.6 is 0 Å². The van der Waals surface area contributed by atoms with Crippen molar-refractivity contribution in [3.63, 3.8) is 0 Å². The van der Waals surface area contributed by atoms with E-state index in [2.05, 4.69) is 10.3 Å². The number of carbonyl (C=O) groups excluding carboxylic acids is 2. The molecule has 24 heavy (non-hydrogen) atoms. The van der Waals surface area contributed by atoms with Crippen molar-refractivity contribution in [1.82, 2.24) is 19.8 Å². The Hall–Kier alpha value is -2.63. The van der Waals surface area contributed by atoms with Crippen LogP contribution in [0.3, 0.4) is 0 Å². The number of aromatic nitrogens is 2. The molecule has 2 amide bonds. The third-order valence-corrected chi connectivity index (χ3v) is 4.69. The first-order valence-corrected chi connectivity index (χ1v) is 8.37. The number of hydrogen-bond donors (Lipinski definition) is 1. The van der Waals surface area contributed by atoms with Gasteiger partial charge in [-0.25, -0.2) is 4.98 Å². The minimum Gasteiger partial charge on any atom is -0.352 e. The number of rotatable bonds is 5. The van der Waals surface area contributed by atoms with Gasteiger partial charge in [-0.1, -0.05) is 6.07 Å². The minimum atomic E-state index is -0.103. The van der Waals surface area contributed by atoms with Crippen LogP contribution in [0.4, 0.5) is 0 Å². The molecule has 2 aliphatic rings. The first-order valence-electron chi connectivity index (χ1n) is 8.37. The Morgan fingerprint density at radius 3 is 2.96 bits per heavy atom. The highest BCUT2D eigenvalue weighted by Crippen LogP contribution is 2.32. The molecule has 6 heteroatoms. The number of likely N-dealkylation sites (tertiary alicyclic amines) is 1. The number of carbonyl (C=O) groups is 2. The van der Waals surface area contributed by atoms with Gasteiger partial charge in [-0.2, -0.15) is 0 Å². The van der Waals surface area contributed by atoms with E-state index in [4.69, 9.17) is 0 Å². The number of amides is 2. The normalized spacial score (nSPS) is 20.4. The van der Waals surface area contributed by atoms with E-state index in [1.165, 1.54) is 0 Å². The second-order valence-corrected chi connectivity index (χ2v) is 6.58. The lowest BCUT2D eigenvalue weighted by molar-refractivity contribution is -0.128. The smallest absolute Gasteiger partial charge is 0.251 e. The molecule has 1 aromatic heterocycles. The molecule has 4 rings (SSSR count). The standard InChI is InChI=1S/C18H20N4O2/c23-17-8-13(11-22(17)15-4-5-15)10-20-18(24)14-2-1-3-16(9-14)21-7-6-19-12-21/h1-3,6-7,9,12-13,15H,4-5,8,10-11H2,(H,20,24). The second-order valence-electron chi connectivity index (χ2n) is 6.58. The molecule has 1 aromatic carbocycles. The number of imidazole rings is 1. The largest absolute Gasteiger partial charge is 0.352 e. The summed E-state index contributed by atoms with van der Waals surface area (Å²) >= 11 is 0. The number of hydrogen-bond acceptors (Lipinski definition) is 3. The Labute approximate surface area is 140 Å². The summed E-state index contributed by atoms with van der Waals surface area (Å²) in [6.45, 7) is 1.32. The van der Waals surface area contributed by atoms with E-state index in [1.54, 1.807) is 18.6 Å². The molecule has 1 N–H and O–H groups in total. The van der Waals surface area contributed by atoms with Gasteiger partial charge in [-0.05, 0) is 31.0 Å². The van der Waals surface area contributed by atoms with Crippen molar-refractivity contribution in [3.8, 4) is 5.69 Å². The fraction of sp³-hybridized carbons (Fsp3) is 0.389. The van der Waals surface area contributed by atoms with Gasteiger partial charge in [0.1, 0.15) is 0 Å². The van der Waals surface area contributed by atoms with Crippen LogP contribution < -0.4 is 5.32 Å². The van der Waals surface area contributed by atoms with Crippen LogP contribution in [0, 0.1) is 5.92 Å². The Kier molecular flexibility index (Phi) is 3.80. The quantitative estimate of drug-likeness (QED) is 0.909. The van der Waals surface area contributed by atoms with Gasteiger partial charge in [0.15, 0.2) is 0 Å². The molecule has 2 heterocycles. The molecule has 1 saturated heterocycles. The molecule has 1 atom stereocenters. The van der Waals surface area contributed by atoms with E-state index in [1.807, 2.05) is 33.9 Å². The van der Waals surface area contributed by atoms with E-state index < -0.39 is 0 Å². The lowest BCUT2D eigenvalue weighted by atomic mass is 10.1. The first-order chi connectivity index (χ1) is 11.7. The van der Waals surface area contributed by atoms with Gasteiger partial charge < -0.3 is 14.8 Å². The molecule has 1 aliphatic heterocycles. The molecule has 0 bridgehead atoms. The van der Waals surface area contributed by atoms with Crippen molar-refractivity contribution in [2.24, 2.45) is 5.92 Å². The molecule has 0 spiro atoms. The van der Waals surface area contributed by atoms with Crippen molar-refractivity contribution in [3.05, 3.63) is 48.5 Å². The summed E-state index contributed by atoms with van der Waals surface area (Å²) in [6, 6.07) is 7.89. The van der Waals surface area contributed by atoms with Crippen LogP contribution in [0.15, 0.2) is 43.0 Å². The highest BCUT2D eigenvalue weighted by molar-refractivity contribution is 5.94. The number of benzene rings is 1. The zero-order chi connectivity index (χ0) is 16.5. The lowest BCUT2D eigenvalue weighted by Gasteiger charge is -2.15. The summed E-state index contributed by atoms with van der Waals surface area (Å²) in [5.41, 5.74) is 1.51. The maximum absolute atomic E-state index is 12.4. The topological polar surface area (TPSA) is 67.2 Å². The van der Waals surface area contributed by atoms with Crippen molar-refractivity contribution >= 4 is 11.8 Å².